The normalized spacial score (nSPS) is 10.8. The summed E-state index contributed by atoms with van der Waals surface area (Å²) in [6.45, 7) is 0.148. The van der Waals surface area contributed by atoms with Crippen molar-refractivity contribution >= 4 is 65.3 Å². The highest BCUT2D eigenvalue weighted by molar-refractivity contribution is 7.24. The molecule has 8 nitrogen and oxygen atoms in total. The molecule has 0 bridgehead atoms. The number of fused-ring (bicyclic) bond motifs is 2. The van der Waals surface area contributed by atoms with Crippen molar-refractivity contribution < 1.29 is 19.1 Å². The molecule has 1 aromatic carbocycles. The Bertz CT molecular complexity index is 784. The van der Waals surface area contributed by atoms with Crippen LogP contribution in [-0.2, 0) is 19.1 Å². The van der Waals surface area contributed by atoms with E-state index in [0.29, 0.717) is 10.3 Å². The molecule has 2 N–H and O–H groups in total. The first-order valence-electron chi connectivity index (χ1n) is 6.91. The summed E-state index contributed by atoms with van der Waals surface area (Å²) in [6, 6.07) is 3.87. The standard InChI is InChI=1S/C14H14N4O4S2/c1-21-11(19)5-15-13-17-7-3-8-10(4-9(7)23-13)24-14(18-8)16-6-12(20)22-2/h3-4H,5-6H2,1-2H3,(H,15,17)(H,16,18). The van der Waals surface area contributed by atoms with Crippen LogP contribution in [0.25, 0.3) is 20.4 Å². The van der Waals surface area contributed by atoms with Gasteiger partial charge in [0.2, 0.25) is 0 Å². The molecule has 3 rings (SSSR count). The third kappa shape index (κ3) is 3.54. The van der Waals surface area contributed by atoms with Gasteiger partial charge >= 0.3 is 11.9 Å². The van der Waals surface area contributed by atoms with Gasteiger partial charge in [-0.2, -0.15) is 0 Å². The Hall–Kier alpha value is -2.46. The number of hydrogen-bond acceptors (Lipinski definition) is 10. The molecule has 126 valence electrons. The maximum atomic E-state index is 11.2. The van der Waals surface area contributed by atoms with Crippen molar-refractivity contribution in [3.05, 3.63) is 12.1 Å². The van der Waals surface area contributed by atoms with Crippen LogP contribution in [0.3, 0.4) is 0 Å². The Labute approximate surface area is 144 Å². The molecule has 0 unspecified atom stereocenters. The van der Waals surface area contributed by atoms with E-state index in [2.05, 4.69) is 30.1 Å². The number of benzene rings is 1. The minimum Gasteiger partial charge on any atom is -0.468 e. The topological polar surface area (TPSA) is 102 Å². The number of nitrogens with zero attached hydrogens (tertiary/aromatic N) is 2. The Balaban J connectivity index is 1.79. The minimum absolute atomic E-state index is 0.0739. The van der Waals surface area contributed by atoms with Gasteiger partial charge in [-0.05, 0) is 12.1 Å². The van der Waals surface area contributed by atoms with Crippen LogP contribution in [0, 0.1) is 0 Å². The maximum absolute atomic E-state index is 11.2. The Morgan fingerprint density at radius 2 is 1.38 bits per heavy atom. The lowest BCUT2D eigenvalue weighted by atomic mass is 10.3. The highest BCUT2D eigenvalue weighted by Crippen LogP contribution is 2.33. The number of thiazole rings is 2. The molecule has 10 heteroatoms. The third-order valence-electron chi connectivity index (χ3n) is 3.12. The van der Waals surface area contributed by atoms with E-state index in [1.807, 2.05) is 12.1 Å². The van der Waals surface area contributed by atoms with Gasteiger partial charge in [0.25, 0.3) is 0 Å². The average Bonchev–Trinajstić information content (AvgIpc) is 3.17. The quantitative estimate of drug-likeness (QED) is 0.639. The van der Waals surface area contributed by atoms with E-state index in [1.165, 1.54) is 36.9 Å². The van der Waals surface area contributed by atoms with Gasteiger partial charge in [0.15, 0.2) is 10.3 Å². The highest BCUT2D eigenvalue weighted by Gasteiger charge is 2.11. The summed E-state index contributed by atoms with van der Waals surface area (Å²) in [5.41, 5.74) is 1.59. The van der Waals surface area contributed by atoms with E-state index in [0.717, 1.165) is 20.4 Å². The number of anilines is 2. The van der Waals surface area contributed by atoms with E-state index in [1.54, 1.807) is 0 Å². The number of rotatable bonds is 6. The third-order valence-corrected chi connectivity index (χ3v) is 5.07. The summed E-state index contributed by atoms with van der Waals surface area (Å²) < 4.78 is 11.1. The van der Waals surface area contributed by atoms with Crippen LogP contribution in [0.2, 0.25) is 0 Å². The summed E-state index contributed by atoms with van der Waals surface area (Å²) in [4.78, 5) is 31.2. The van der Waals surface area contributed by atoms with Crippen LogP contribution in [-0.4, -0.2) is 49.2 Å². The monoisotopic (exact) mass is 366 g/mol. The first-order chi connectivity index (χ1) is 11.6. The zero-order valence-corrected chi connectivity index (χ0v) is 14.5. The number of aromatic nitrogens is 2. The van der Waals surface area contributed by atoms with Gasteiger partial charge in [0.1, 0.15) is 13.1 Å². The van der Waals surface area contributed by atoms with Gasteiger partial charge < -0.3 is 20.1 Å². The number of nitrogens with one attached hydrogen (secondary N) is 2. The lowest BCUT2D eigenvalue weighted by Crippen LogP contribution is -2.14. The fourth-order valence-corrected chi connectivity index (χ4v) is 3.78. The largest absolute Gasteiger partial charge is 0.468 e. The first-order valence-corrected chi connectivity index (χ1v) is 8.55. The Morgan fingerprint density at radius 1 is 0.917 bits per heavy atom. The SMILES string of the molecule is COC(=O)CNc1nc2cc3nc(NCC(=O)OC)sc3cc2s1. The Morgan fingerprint density at radius 3 is 1.79 bits per heavy atom. The van der Waals surface area contributed by atoms with Gasteiger partial charge in [0, 0.05) is 0 Å². The van der Waals surface area contributed by atoms with Crippen LogP contribution in [0.15, 0.2) is 12.1 Å². The van der Waals surface area contributed by atoms with Crippen molar-refractivity contribution in [2.45, 2.75) is 0 Å². The molecule has 2 aromatic heterocycles. The van der Waals surface area contributed by atoms with Crippen molar-refractivity contribution in [3.8, 4) is 0 Å². The predicted octanol–water partition coefficient (Wildman–Crippen LogP) is 2.08. The Kier molecular flexibility index (Phi) is 4.76. The van der Waals surface area contributed by atoms with E-state index in [-0.39, 0.29) is 25.0 Å². The van der Waals surface area contributed by atoms with E-state index in [9.17, 15) is 9.59 Å². The fourth-order valence-electron chi connectivity index (χ4n) is 1.94. The van der Waals surface area contributed by atoms with E-state index < -0.39 is 0 Å². The zero-order valence-electron chi connectivity index (χ0n) is 12.9. The molecule has 0 aliphatic carbocycles. The summed E-state index contributed by atoms with van der Waals surface area (Å²) in [7, 11) is 2.68. The molecule has 3 aromatic rings. The van der Waals surface area contributed by atoms with E-state index >= 15 is 0 Å². The van der Waals surface area contributed by atoms with Crippen LogP contribution in [0.1, 0.15) is 0 Å². The van der Waals surface area contributed by atoms with E-state index in [4.69, 9.17) is 0 Å². The molecule has 24 heavy (non-hydrogen) atoms. The van der Waals surface area contributed by atoms with Crippen molar-refractivity contribution in [3.63, 3.8) is 0 Å². The van der Waals surface area contributed by atoms with Crippen molar-refractivity contribution in [1.82, 2.24) is 9.97 Å². The molecule has 0 fully saturated rings. The summed E-state index contributed by atoms with van der Waals surface area (Å²) >= 11 is 2.90. The second kappa shape index (κ2) is 6.97. The van der Waals surface area contributed by atoms with Crippen LogP contribution in [0.5, 0.6) is 0 Å². The zero-order chi connectivity index (χ0) is 17.1. The van der Waals surface area contributed by atoms with Gasteiger partial charge in [-0.25, -0.2) is 9.97 Å². The van der Waals surface area contributed by atoms with Gasteiger partial charge in [0.05, 0.1) is 34.7 Å². The number of hydrogen-bond donors (Lipinski definition) is 2. The van der Waals surface area contributed by atoms with Crippen molar-refractivity contribution in [2.24, 2.45) is 0 Å². The molecular weight excluding hydrogens is 352 g/mol. The van der Waals surface area contributed by atoms with Crippen molar-refractivity contribution in [2.75, 3.05) is 37.9 Å². The second-order valence-electron chi connectivity index (χ2n) is 4.69. The average molecular weight is 366 g/mol. The summed E-state index contributed by atoms with van der Waals surface area (Å²) in [5, 5.41) is 7.17. The summed E-state index contributed by atoms with van der Waals surface area (Å²) in [5.74, 6) is -0.698. The number of methoxy groups -OCH3 is 2. The summed E-state index contributed by atoms with van der Waals surface area (Å²) in [6.07, 6.45) is 0. The molecule has 0 saturated carbocycles. The second-order valence-corrected chi connectivity index (χ2v) is 6.75. The molecule has 0 aliphatic heterocycles. The number of carbonyl (C=O) groups excluding carboxylic acids is 2. The molecule has 0 atom stereocenters. The lowest BCUT2D eigenvalue weighted by Gasteiger charge is -1.99. The maximum Gasteiger partial charge on any atom is 0.325 e. The molecule has 2 heterocycles. The fraction of sp³-hybridized carbons (Fsp3) is 0.286. The van der Waals surface area contributed by atoms with Gasteiger partial charge in [-0.3, -0.25) is 9.59 Å². The number of esters is 2. The molecular formula is C14H14N4O4S2. The molecule has 0 aliphatic rings. The van der Waals surface area contributed by atoms with Crippen LogP contribution < -0.4 is 10.6 Å². The van der Waals surface area contributed by atoms with Crippen molar-refractivity contribution in [1.29, 1.82) is 0 Å². The van der Waals surface area contributed by atoms with Gasteiger partial charge in [-0.1, -0.05) is 22.7 Å². The number of ether oxygens (including phenoxy) is 2. The molecule has 0 spiro atoms. The lowest BCUT2D eigenvalue weighted by molar-refractivity contribution is -0.139. The number of carbonyl (C=O) groups is 2. The predicted molar refractivity (Wildman–Crippen MR) is 93.8 cm³/mol. The minimum atomic E-state index is -0.349. The highest BCUT2D eigenvalue weighted by atomic mass is 32.1. The smallest absolute Gasteiger partial charge is 0.325 e. The van der Waals surface area contributed by atoms with Crippen LogP contribution in [0.4, 0.5) is 10.3 Å². The molecule has 0 radical (unpaired) electrons. The first kappa shape index (κ1) is 16.4. The van der Waals surface area contributed by atoms with Crippen LogP contribution >= 0.6 is 22.7 Å². The molecule has 0 amide bonds. The molecule has 0 saturated heterocycles. The van der Waals surface area contributed by atoms with Gasteiger partial charge in [-0.15, -0.1) is 0 Å².